The van der Waals surface area contributed by atoms with Crippen molar-refractivity contribution in [3.63, 3.8) is 0 Å². The molecule has 0 saturated heterocycles. The normalized spacial score (nSPS) is 18.5. The standard InChI is InChI=1S/C9H19NO3.C3H6O4S/c1-5(6(2)11)9(10,7(3)12)8(4)13;1-2-3-7-8(4,5)6/h6-8,11-13H,1,10H2,2-4H3;2H,1,3H2,(H,4,5,6). The Morgan fingerprint density at radius 1 is 1.29 bits per heavy atom. The highest BCUT2D eigenvalue weighted by Gasteiger charge is 2.40. The number of hydrogen-bond acceptors (Lipinski definition) is 7. The van der Waals surface area contributed by atoms with E-state index in [9.17, 15) is 23.7 Å². The summed E-state index contributed by atoms with van der Waals surface area (Å²) >= 11 is 0. The van der Waals surface area contributed by atoms with Crippen LogP contribution >= 0.6 is 0 Å². The van der Waals surface area contributed by atoms with Crippen molar-refractivity contribution in [3.05, 3.63) is 24.8 Å². The van der Waals surface area contributed by atoms with E-state index < -0.39 is 34.2 Å². The van der Waals surface area contributed by atoms with Crippen molar-refractivity contribution < 1.29 is 32.5 Å². The number of rotatable bonds is 7. The van der Waals surface area contributed by atoms with Crippen LogP contribution < -0.4 is 5.73 Å². The molecule has 0 spiro atoms. The molecular formula is C12H25NO7S. The summed E-state index contributed by atoms with van der Waals surface area (Å²) in [7, 11) is -4.26. The molecule has 0 heterocycles. The number of hydrogen-bond donors (Lipinski definition) is 5. The van der Waals surface area contributed by atoms with Crippen molar-refractivity contribution in [2.24, 2.45) is 5.73 Å². The summed E-state index contributed by atoms with van der Waals surface area (Å²) in [5.41, 5.74) is 4.65. The molecule has 3 unspecified atom stereocenters. The number of nitrogens with two attached hydrogens (primary N) is 1. The maximum atomic E-state index is 9.68. The first-order chi connectivity index (χ1) is 9.30. The molecule has 0 saturated carbocycles. The third kappa shape index (κ3) is 8.27. The lowest BCUT2D eigenvalue weighted by molar-refractivity contribution is 0.0166. The van der Waals surface area contributed by atoms with Crippen molar-refractivity contribution in [1.82, 2.24) is 0 Å². The molecule has 9 heteroatoms. The number of aliphatic hydroxyl groups is 3. The van der Waals surface area contributed by atoms with Crippen molar-refractivity contribution in [2.75, 3.05) is 6.61 Å². The fourth-order valence-corrected chi connectivity index (χ4v) is 1.65. The summed E-state index contributed by atoms with van der Waals surface area (Å²) in [6.07, 6.45) is -1.56. The third-order valence-electron chi connectivity index (χ3n) is 2.78. The molecule has 8 nitrogen and oxygen atoms in total. The van der Waals surface area contributed by atoms with E-state index in [1.807, 2.05) is 0 Å². The van der Waals surface area contributed by atoms with Gasteiger partial charge in [0.05, 0.1) is 30.5 Å². The summed E-state index contributed by atoms with van der Waals surface area (Å²) in [6, 6.07) is 0. The maximum Gasteiger partial charge on any atom is 0.397 e. The maximum absolute atomic E-state index is 9.68. The minimum Gasteiger partial charge on any atom is -0.391 e. The van der Waals surface area contributed by atoms with Crippen LogP contribution in [0.25, 0.3) is 0 Å². The van der Waals surface area contributed by atoms with Crippen LogP contribution in [0.2, 0.25) is 0 Å². The Balaban J connectivity index is 0. The number of aliphatic hydroxyl groups excluding tert-OH is 3. The molecule has 0 radical (unpaired) electrons. The predicted octanol–water partition coefficient (Wildman–Crippen LogP) is -0.626. The van der Waals surface area contributed by atoms with Gasteiger partial charge in [0, 0.05) is 0 Å². The molecule has 0 rings (SSSR count). The van der Waals surface area contributed by atoms with Gasteiger partial charge in [-0.25, -0.2) is 4.18 Å². The van der Waals surface area contributed by atoms with Gasteiger partial charge in [0.15, 0.2) is 0 Å². The summed E-state index contributed by atoms with van der Waals surface area (Å²) < 4.78 is 31.0. The zero-order valence-electron chi connectivity index (χ0n) is 12.4. The van der Waals surface area contributed by atoms with Gasteiger partial charge in [0.25, 0.3) is 0 Å². The van der Waals surface area contributed by atoms with E-state index in [0.29, 0.717) is 0 Å². The second kappa shape index (κ2) is 9.26. The molecule has 0 amide bonds. The molecule has 0 aromatic rings. The molecule has 0 aromatic carbocycles. The lowest BCUT2D eigenvalue weighted by atomic mass is 9.80. The molecule has 0 aliphatic rings. The Bertz CT molecular complexity index is 421. The highest BCUT2D eigenvalue weighted by Crippen LogP contribution is 2.24. The first-order valence-corrected chi connectivity index (χ1v) is 7.42. The van der Waals surface area contributed by atoms with E-state index in [1.165, 1.54) is 26.8 Å². The van der Waals surface area contributed by atoms with E-state index in [4.69, 9.17) is 10.3 Å². The topological polar surface area (TPSA) is 150 Å². The average molecular weight is 327 g/mol. The molecule has 21 heavy (non-hydrogen) atoms. The smallest absolute Gasteiger partial charge is 0.391 e. The Morgan fingerprint density at radius 2 is 1.67 bits per heavy atom. The van der Waals surface area contributed by atoms with Crippen molar-refractivity contribution in [3.8, 4) is 0 Å². The lowest BCUT2D eigenvalue weighted by Crippen LogP contribution is -2.60. The molecule has 0 aromatic heterocycles. The zero-order chi connectivity index (χ0) is 17.4. The van der Waals surface area contributed by atoms with Crippen LogP contribution in [0.1, 0.15) is 20.8 Å². The van der Waals surface area contributed by atoms with Gasteiger partial charge < -0.3 is 21.1 Å². The van der Waals surface area contributed by atoms with Gasteiger partial charge >= 0.3 is 10.4 Å². The fraction of sp³-hybridized carbons (Fsp3) is 0.667. The highest BCUT2D eigenvalue weighted by atomic mass is 32.3. The second-order valence-electron chi connectivity index (χ2n) is 4.49. The first kappa shape index (κ1) is 22.5. The third-order valence-corrected chi connectivity index (χ3v) is 3.21. The van der Waals surface area contributed by atoms with Gasteiger partial charge in [0.2, 0.25) is 0 Å². The monoisotopic (exact) mass is 327 g/mol. The van der Waals surface area contributed by atoms with Gasteiger partial charge in [-0.1, -0.05) is 12.7 Å². The lowest BCUT2D eigenvalue weighted by Gasteiger charge is -2.38. The average Bonchev–Trinajstić information content (AvgIpc) is 2.33. The van der Waals surface area contributed by atoms with Crippen LogP contribution in [0.15, 0.2) is 24.8 Å². The van der Waals surface area contributed by atoms with E-state index in [-0.39, 0.29) is 12.2 Å². The first-order valence-electron chi connectivity index (χ1n) is 6.05. The van der Waals surface area contributed by atoms with Crippen LogP contribution in [0.3, 0.4) is 0 Å². The molecule has 0 fully saturated rings. The molecule has 6 N–H and O–H groups in total. The predicted molar refractivity (Wildman–Crippen MR) is 78.8 cm³/mol. The van der Waals surface area contributed by atoms with Gasteiger partial charge in [0.1, 0.15) is 0 Å². The molecule has 126 valence electrons. The summed E-state index contributed by atoms with van der Waals surface area (Å²) in [4.78, 5) is 0. The molecular weight excluding hydrogens is 302 g/mol. The molecule has 0 aliphatic heterocycles. The fourth-order valence-electron chi connectivity index (χ4n) is 1.38. The second-order valence-corrected chi connectivity index (χ2v) is 5.58. The van der Waals surface area contributed by atoms with Crippen LogP contribution in [0.5, 0.6) is 0 Å². The highest BCUT2D eigenvalue weighted by molar-refractivity contribution is 7.80. The van der Waals surface area contributed by atoms with Crippen molar-refractivity contribution >= 4 is 10.4 Å². The molecule has 0 bridgehead atoms. The summed E-state index contributed by atoms with van der Waals surface area (Å²) in [6.45, 7) is 11.0. The van der Waals surface area contributed by atoms with Crippen molar-refractivity contribution in [1.29, 1.82) is 0 Å². The van der Waals surface area contributed by atoms with E-state index >= 15 is 0 Å². The quantitative estimate of drug-likeness (QED) is 0.306. The van der Waals surface area contributed by atoms with E-state index in [1.54, 1.807) is 0 Å². The minimum absolute atomic E-state index is 0.196. The Hall–Kier alpha value is -0.810. The molecule has 3 atom stereocenters. The van der Waals surface area contributed by atoms with E-state index in [2.05, 4.69) is 17.3 Å². The van der Waals surface area contributed by atoms with Gasteiger partial charge in [-0.3, -0.25) is 4.55 Å². The SMILES string of the molecule is C=C(C(C)O)C(N)(C(C)O)C(C)O.C=CCOS(=O)(=O)O. The summed E-state index contributed by atoms with van der Waals surface area (Å²) in [5.74, 6) is 0. The van der Waals surface area contributed by atoms with E-state index in [0.717, 1.165) is 0 Å². The minimum atomic E-state index is -4.26. The Kier molecular flexibility index (Phi) is 9.91. The van der Waals surface area contributed by atoms with Gasteiger partial charge in [-0.2, -0.15) is 8.42 Å². The summed E-state index contributed by atoms with van der Waals surface area (Å²) in [5, 5.41) is 28.1. The van der Waals surface area contributed by atoms with Gasteiger partial charge in [-0.05, 0) is 26.3 Å². The Labute approximate surface area is 125 Å². The Morgan fingerprint density at radius 3 is 1.76 bits per heavy atom. The largest absolute Gasteiger partial charge is 0.397 e. The van der Waals surface area contributed by atoms with Crippen LogP contribution in [-0.4, -0.2) is 58.7 Å². The zero-order valence-corrected chi connectivity index (χ0v) is 13.2. The van der Waals surface area contributed by atoms with Gasteiger partial charge in [-0.15, -0.1) is 6.58 Å². The van der Waals surface area contributed by atoms with Crippen LogP contribution in [0.4, 0.5) is 0 Å². The van der Waals surface area contributed by atoms with Crippen molar-refractivity contribution in [2.45, 2.75) is 44.6 Å². The van der Waals surface area contributed by atoms with Crippen LogP contribution in [-0.2, 0) is 14.6 Å². The van der Waals surface area contributed by atoms with Crippen LogP contribution in [0, 0.1) is 0 Å². The molecule has 0 aliphatic carbocycles.